The molecule has 0 radical (unpaired) electrons. The monoisotopic (exact) mass is 345 g/mol. The third-order valence-electron chi connectivity index (χ3n) is 5.74. The standard InChI is InChI=1S/C20H31N3O2/c1-16-8-10-23(11-9-16)20(24)17(2)21-12-14-22(15-13-21)18-6-4-5-7-19(18)25-3/h4-7,16-17H,8-15H2,1-3H3. The van der Waals surface area contributed by atoms with Crippen molar-refractivity contribution in [2.75, 3.05) is 51.3 Å². The second kappa shape index (κ2) is 8.09. The minimum absolute atomic E-state index is 0.0202. The van der Waals surface area contributed by atoms with Gasteiger partial charge in [0.1, 0.15) is 5.75 Å². The lowest BCUT2D eigenvalue weighted by molar-refractivity contribution is -0.137. The highest BCUT2D eigenvalue weighted by Crippen LogP contribution is 2.28. The van der Waals surface area contributed by atoms with Gasteiger partial charge in [-0.05, 0) is 37.8 Å². The Kier molecular flexibility index (Phi) is 5.84. The van der Waals surface area contributed by atoms with Gasteiger partial charge in [0.25, 0.3) is 0 Å². The Labute approximate surface area is 151 Å². The minimum Gasteiger partial charge on any atom is -0.495 e. The Morgan fingerprint density at radius 1 is 1.08 bits per heavy atom. The van der Waals surface area contributed by atoms with Gasteiger partial charge in [-0.1, -0.05) is 19.1 Å². The van der Waals surface area contributed by atoms with Crippen molar-refractivity contribution in [1.82, 2.24) is 9.80 Å². The lowest BCUT2D eigenvalue weighted by atomic mass is 9.98. The van der Waals surface area contributed by atoms with Crippen molar-refractivity contribution in [1.29, 1.82) is 0 Å². The molecule has 25 heavy (non-hydrogen) atoms. The van der Waals surface area contributed by atoms with Crippen molar-refractivity contribution in [3.05, 3.63) is 24.3 Å². The van der Waals surface area contributed by atoms with Crippen LogP contribution in [-0.4, -0.2) is 68.1 Å². The lowest BCUT2D eigenvalue weighted by Crippen LogP contribution is -2.55. The highest BCUT2D eigenvalue weighted by atomic mass is 16.5. The number of hydrogen-bond acceptors (Lipinski definition) is 4. The largest absolute Gasteiger partial charge is 0.495 e. The van der Waals surface area contributed by atoms with Gasteiger partial charge in [-0.15, -0.1) is 0 Å². The maximum Gasteiger partial charge on any atom is 0.239 e. The molecule has 5 nitrogen and oxygen atoms in total. The van der Waals surface area contributed by atoms with E-state index in [9.17, 15) is 4.79 Å². The quantitative estimate of drug-likeness (QED) is 0.840. The molecule has 2 aliphatic heterocycles. The van der Waals surface area contributed by atoms with Crippen LogP contribution in [0.2, 0.25) is 0 Å². The molecule has 5 heteroatoms. The van der Waals surface area contributed by atoms with E-state index in [2.05, 4.69) is 34.6 Å². The van der Waals surface area contributed by atoms with E-state index in [1.54, 1.807) is 7.11 Å². The van der Waals surface area contributed by atoms with Crippen LogP contribution in [0.1, 0.15) is 26.7 Å². The van der Waals surface area contributed by atoms with Crippen molar-refractivity contribution in [2.45, 2.75) is 32.7 Å². The molecule has 2 heterocycles. The van der Waals surface area contributed by atoms with E-state index >= 15 is 0 Å². The number of ether oxygens (including phenoxy) is 1. The number of piperazine rings is 1. The molecule has 1 atom stereocenters. The SMILES string of the molecule is COc1ccccc1N1CCN(C(C)C(=O)N2CCC(C)CC2)CC1. The first-order valence-corrected chi connectivity index (χ1v) is 9.51. The van der Waals surface area contributed by atoms with E-state index in [1.165, 1.54) is 0 Å². The fourth-order valence-electron chi connectivity index (χ4n) is 3.89. The van der Waals surface area contributed by atoms with Crippen LogP contribution in [0.4, 0.5) is 5.69 Å². The van der Waals surface area contributed by atoms with E-state index in [4.69, 9.17) is 4.74 Å². The number of likely N-dealkylation sites (tertiary alicyclic amines) is 1. The molecule has 1 unspecified atom stereocenters. The van der Waals surface area contributed by atoms with Gasteiger partial charge in [-0.3, -0.25) is 9.69 Å². The van der Waals surface area contributed by atoms with Gasteiger partial charge in [0.2, 0.25) is 5.91 Å². The normalized spacial score (nSPS) is 21.2. The molecule has 138 valence electrons. The summed E-state index contributed by atoms with van der Waals surface area (Å²) in [4.78, 5) is 19.6. The topological polar surface area (TPSA) is 36.0 Å². The van der Waals surface area contributed by atoms with Crippen molar-refractivity contribution < 1.29 is 9.53 Å². The predicted octanol–water partition coefficient (Wildman–Crippen LogP) is 2.46. The van der Waals surface area contributed by atoms with Gasteiger partial charge < -0.3 is 14.5 Å². The number of amides is 1. The van der Waals surface area contributed by atoms with Crippen LogP contribution in [0.25, 0.3) is 0 Å². The maximum atomic E-state index is 12.8. The zero-order chi connectivity index (χ0) is 17.8. The summed E-state index contributed by atoms with van der Waals surface area (Å²) in [5, 5.41) is 0. The maximum absolute atomic E-state index is 12.8. The summed E-state index contributed by atoms with van der Waals surface area (Å²) in [6.45, 7) is 9.87. The van der Waals surface area contributed by atoms with E-state index in [1.807, 2.05) is 18.2 Å². The molecular weight excluding hydrogens is 314 g/mol. The van der Waals surface area contributed by atoms with Crippen LogP contribution >= 0.6 is 0 Å². The van der Waals surface area contributed by atoms with Gasteiger partial charge in [0, 0.05) is 39.3 Å². The molecule has 2 fully saturated rings. The summed E-state index contributed by atoms with van der Waals surface area (Å²) in [7, 11) is 1.72. The Balaban J connectivity index is 1.55. The van der Waals surface area contributed by atoms with Gasteiger partial charge in [-0.2, -0.15) is 0 Å². The molecule has 0 bridgehead atoms. The van der Waals surface area contributed by atoms with Gasteiger partial charge >= 0.3 is 0 Å². The number of carbonyl (C=O) groups is 1. The highest BCUT2D eigenvalue weighted by Gasteiger charge is 2.30. The Bertz CT molecular complexity index is 576. The lowest BCUT2D eigenvalue weighted by Gasteiger charge is -2.41. The summed E-state index contributed by atoms with van der Waals surface area (Å²) in [5.74, 6) is 1.98. The Morgan fingerprint density at radius 3 is 2.36 bits per heavy atom. The number of hydrogen-bond donors (Lipinski definition) is 0. The molecule has 3 rings (SSSR count). The van der Waals surface area contributed by atoms with Crippen LogP contribution in [0.15, 0.2) is 24.3 Å². The van der Waals surface area contributed by atoms with Crippen LogP contribution in [-0.2, 0) is 4.79 Å². The van der Waals surface area contributed by atoms with Crippen LogP contribution in [0.5, 0.6) is 5.75 Å². The number of benzene rings is 1. The fraction of sp³-hybridized carbons (Fsp3) is 0.650. The highest BCUT2D eigenvalue weighted by molar-refractivity contribution is 5.81. The average Bonchev–Trinajstić information content (AvgIpc) is 2.67. The predicted molar refractivity (Wildman–Crippen MR) is 101 cm³/mol. The molecule has 1 aromatic rings. The first-order chi connectivity index (χ1) is 12.1. The third-order valence-corrected chi connectivity index (χ3v) is 5.74. The van der Waals surface area contributed by atoms with Crippen LogP contribution in [0.3, 0.4) is 0 Å². The van der Waals surface area contributed by atoms with Crippen molar-refractivity contribution in [2.24, 2.45) is 5.92 Å². The molecular formula is C20H31N3O2. The number of methoxy groups -OCH3 is 1. The van der Waals surface area contributed by atoms with Crippen LogP contribution < -0.4 is 9.64 Å². The molecule has 2 aliphatic rings. The van der Waals surface area contributed by atoms with Crippen LogP contribution in [0, 0.1) is 5.92 Å². The van der Waals surface area contributed by atoms with E-state index in [0.29, 0.717) is 5.91 Å². The number of para-hydroxylation sites is 2. The molecule has 0 N–H and O–H groups in total. The van der Waals surface area contributed by atoms with Gasteiger partial charge in [0.05, 0.1) is 18.8 Å². The second-order valence-electron chi connectivity index (χ2n) is 7.38. The Morgan fingerprint density at radius 2 is 1.72 bits per heavy atom. The molecule has 1 amide bonds. The zero-order valence-corrected chi connectivity index (χ0v) is 15.8. The van der Waals surface area contributed by atoms with E-state index in [-0.39, 0.29) is 6.04 Å². The summed E-state index contributed by atoms with van der Waals surface area (Å²) >= 11 is 0. The van der Waals surface area contributed by atoms with E-state index in [0.717, 1.165) is 69.5 Å². The third kappa shape index (κ3) is 4.09. The van der Waals surface area contributed by atoms with Crippen molar-refractivity contribution >= 4 is 11.6 Å². The first kappa shape index (κ1) is 18.1. The molecule has 0 saturated carbocycles. The van der Waals surface area contributed by atoms with Gasteiger partial charge in [-0.25, -0.2) is 0 Å². The molecule has 2 saturated heterocycles. The summed E-state index contributed by atoms with van der Waals surface area (Å²) < 4.78 is 5.48. The van der Waals surface area contributed by atoms with E-state index < -0.39 is 0 Å². The van der Waals surface area contributed by atoms with Crippen molar-refractivity contribution in [3.63, 3.8) is 0 Å². The summed E-state index contributed by atoms with van der Waals surface area (Å²) in [6, 6.07) is 8.14. The molecule has 1 aromatic carbocycles. The van der Waals surface area contributed by atoms with Crippen molar-refractivity contribution in [3.8, 4) is 5.75 Å². The molecule has 0 spiro atoms. The Hall–Kier alpha value is -1.75. The number of piperidine rings is 1. The fourth-order valence-corrected chi connectivity index (χ4v) is 3.89. The van der Waals surface area contributed by atoms with Gasteiger partial charge in [0.15, 0.2) is 0 Å². The number of rotatable bonds is 4. The average molecular weight is 345 g/mol. The number of nitrogens with zero attached hydrogens (tertiary/aromatic N) is 3. The zero-order valence-electron chi connectivity index (χ0n) is 15.8. The second-order valence-corrected chi connectivity index (χ2v) is 7.38. The number of anilines is 1. The molecule has 0 aliphatic carbocycles. The molecule has 0 aromatic heterocycles. The minimum atomic E-state index is -0.0202. The summed E-state index contributed by atoms with van der Waals surface area (Å²) in [6.07, 6.45) is 2.28. The summed E-state index contributed by atoms with van der Waals surface area (Å²) in [5.41, 5.74) is 1.15. The number of carbonyl (C=O) groups excluding carboxylic acids is 1. The smallest absolute Gasteiger partial charge is 0.239 e. The first-order valence-electron chi connectivity index (χ1n) is 9.51.